The van der Waals surface area contributed by atoms with Gasteiger partial charge in [-0.15, -0.1) is 12.4 Å². The predicted octanol–water partition coefficient (Wildman–Crippen LogP) is 2.33. The van der Waals surface area contributed by atoms with Crippen LogP contribution in [0.4, 0.5) is 13.2 Å². The Labute approximate surface area is 78.2 Å². The minimum Gasteiger partial charge on any atom is -0.298 e. The van der Waals surface area contributed by atoms with Crippen LogP contribution in [-0.4, -0.2) is 11.3 Å². The van der Waals surface area contributed by atoms with E-state index >= 15 is 0 Å². The molecule has 13 heavy (non-hydrogen) atoms. The van der Waals surface area contributed by atoms with Gasteiger partial charge in [0.2, 0.25) is 0 Å². The zero-order valence-corrected chi connectivity index (χ0v) is 7.02. The van der Waals surface area contributed by atoms with E-state index in [0.29, 0.717) is 6.29 Å². The zero-order chi connectivity index (χ0) is 9.19. The number of rotatable bonds is 1. The molecule has 0 aliphatic carbocycles. The van der Waals surface area contributed by atoms with Crippen LogP contribution in [0.25, 0.3) is 0 Å². The lowest BCUT2D eigenvalue weighted by Crippen LogP contribution is -2.07. The quantitative estimate of drug-likeness (QED) is 0.668. The molecule has 1 aromatic rings. The standard InChI is InChI=1S/C7H4F3NO.ClH/c8-7(9,10)6-2-1-5(4-12)3-11-6;/h1-4H;1H. The summed E-state index contributed by atoms with van der Waals surface area (Å²) >= 11 is 0. The molecule has 0 N–H and O–H groups in total. The fraction of sp³-hybridized carbons (Fsp3) is 0.143. The van der Waals surface area contributed by atoms with Gasteiger partial charge in [-0.3, -0.25) is 9.78 Å². The Bertz CT molecular complexity index is 283. The Kier molecular flexibility index (Phi) is 3.87. The third-order valence-electron chi connectivity index (χ3n) is 1.21. The minimum absolute atomic E-state index is 0. The molecule has 0 unspecified atom stereocenters. The third kappa shape index (κ3) is 3.02. The summed E-state index contributed by atoms with van der Waals surface area (Å²) in [7, 11) is 0. The van der Waals surface area contributed by atoms with Crippen LogP contribution in [0.15, 0.2) is 18.3 Å². The van der Waals surface area contributed by atoms with E-state index in [9.17, 15) is 18.0 Å². The number of pyridine rings is 1. The largest absolute Gasteiger partial charge is 0.433 e. The lowest BCUT2D eigenvalue weighted by Gasteiger charge is -2.03. The van der Waals surface area contributed by atoms with Crippen molar-refractivity contribution in [2.45, 2.75) is 6.18 Å². The van der Waals surface area contributed by atoms with Gasteiger partial charge in [-0.1, -0.05) is 0 Å². The first-order valence-electron chi connectivity index (χ1n) is 3.02. The van der Waals surface area contributed by atoms with Gasteiger partial charge >= 0.3 is 6.18 Å². The maximum Gasteiger partial charge on any atom is 0.433 e. The molecular formula is C7H5ClF3NO. The lowest BCUT2D eigenvalue weighted by molar-refractivity contribution is -0.141. The third-order valence-corrected chi connectivity index (χ3v) is 1.21. The normalized spacial score (nSPS) is 10.4. The van der Waals surface area contributed by atoms with Crippen LogP contribution in [0, 0.1) is 0 Å². The molecule has 1 heterocycles. The summed E-state index contributed by atoms with van der Waals surface area (Å²) in [6.07, 6.45) is -3.12. The van der Waals surface area contributed by atoms with E-state index in [1.807, 2.05) is 0 Å². The fourth-order valence-electron chi connectivity index (χ4n) is 0.643. The average Bonchev–Trinajstić information content (AvgIpc) is 2.03. The number of aldehydes is 1. The second kappa shape index (κ2) is 4.23. The van der Waals surface area contributed by atoms with Crippen LogP contribution in [0.5, 0.6) is 0 Å². The van der Waals surface area contributed by atoms with Crippen molar-refractivity contribution in [2.24, 2.45) is 0 Å². The van der Waals surface area contributed by atoms with Gasteiger partial charge in [0.15, 0.2) is 6.29 Å². The summed E-state index contributed by atoms with van der Waals surface area (Å²) in [5.41, 5.74) is -0.865. The molecule has 0 atom stereocenters. The van der Waals surface area contributed by atoms with Crippen LogP contribution in [-0.2, 0) is 6.18 Å². The molecule has 0 aliphatic rings. The first-order chi connectivity index (χ1) is 5.54. The molecule has 6 heteroatoms. The number of aromatic nitrogens is 1. The van der Waals surface area contributed by atoms with Crippen molar-refractivity contribution < 1.29 is 18.0 Å². The van der Waals surface area contributed by atoms with E-state index in [-0.39, 0.29) is 18.0 Å². The summed E-state index contributed by atoms with van der Waals surface area (Å²) in [6.45, 7) is 0. The first kappa shape index (κ1) is 11.9. The Morgan fingerprint density at radius 3 is 2.23 bits per heavy atom. The smallest absolute Gasteiger partial charge is 0.298 e. The van der Waals surface area contributed by atoms with Crippen LogP contribution >= 0.6 is 12.4 Å². The summed E-state index contributed by atoms with van der Waals surface area (Å²) in [5.74, 6) is 0. The van der Waals surface area contributed by atoms with E-state index in [4.69, 9.17) is 0 Å². The van der Waals surface area contributed by atoms with Crippen molar-refractivity contribution in [3.8, 4) is 0 Å². The SMILES string of the molecule is Cl.O=Cc1ccc(C(F)(F)F)nc1. The van der Waals surface area contributed by atoms with Gasteiger partial charge in [0.25, 0.3) is 0 Å². The van der Waals surface area contributed by atoms with E-state index in [0.717, 1.165) is 18.3 Å². The van der Waals surface area contributed by atoms with Gasteiger partial charge in [0.1, 0.15) is 5.69 Å². The predicted molar refractivity (Wildman–Crippen MR) is 41.9 cm³/mol. The van der Waals surface area contributed by atoms with Gasteiger partial charge in [-0.25, -0.2) is 0 Å². The molecule has 0 radical (unpaired) electrons. The van der Waals surface area contributed by atoms with Crippen molar-refractivity contribution in [1.29, 1.82) is 0 Å². The molecular weight excluding hydrogens is 207 g/mol. The highest BCUT2D eigenvalue weighted by Crippen LogP contribution is 2.26. The second-order valence-corrected chi connectivity index (χ2v) is 2.09. The summed E-state index contributed by atoms with van der Waals surface area (Å²) in [4.78, 5) is 13.1. The van der Waals surface area contributed by atoms with Gasteiger partial charge in [-0.05, 0) is 12.1 Å². The molecule has 1 rings (SSSR count). The number of carbonyl (C=O) groups excluding carboxylic acids is 1. The molecule has 0 saturated heterocycles. The van der Waals surface area contributed by atoms with Crippen molar-refractivity contribution in [2.75, 3.05) is 0 Å². The number of hydrogen-bond donors (Lipinski definition) is 0. The lowest BCUT2D eigenvalue weighted by atomic mass is 10.3. The topological polar surface area (TPSA) is 30.0 Å². The average molecular weight is 212 g/mol. The Hall–Kier alpha value is -1.10. The summed E-state index contributed by atoms with van der Waals surface area (Å²) < 4.78 is 35.6. The number of nitrogens with zero attached hydrogens (tertiary/aromatic N) is 1. The molecule has 2 nitrogen and oxygen atoms in total. The number of hydrogen-bond acceptors (Lipinski definition) is 2. The minimum atomic E-state index is -4.44. The van der Waals surface area contributed by atoms with E-state index in [1.54, 1.807) is 0 Å². The fourth-order valence-corrected chi connectivity index (χ4v) is 0.643. The summed E-state index contributed by atoms with van der Waals surface area (Å²) in [5, 5.41) is 0. The molecule has 0 aliphatic heterocycles. The van der Waals surface area contributed by atoms with Crippen LogP contribution in [0.1, 0.15) is 16.1 Å². The molecule has 0 spiro atoms. The molecule has 72 valence electrons. The van der Waals surface area contributed by atoms with Crippen LogP contribution in [0.2, 0.25) is 0 Å². The van der Waals surface area contributed by atoms with Crippen LogP contribution in [0.3, 0.4) is 0 Å². The Morgan fingerprint density at radius 1 is 1.31 bits per heavy atom. The van der Waals surface area contributed by atoms with Crippen molar-refractivity contribution in [3.05, 3.63) is 29.6 Å². The maximum absolute atomic E-state index is 11.9. The molecule has 0 saturated carbocycles. The van der Waals surface area contributed by atoms with Crippen molar-refractivity contribution >= 4 is 18.7 Å². The Morgan fingerprint density at radius 2 is 1.92 bits per heavy atom. The molecule has 0 amide bonds. The number of carbonyl (C=O) groups is 1. The van der Waals surface area contributed by atoms with Gasteiger partial charge in [0, 0.05) is 11.8 Å². The Balaban J connectivity index is 0.00000144. The number of halogens is 4. The molecule has 0 aromatic carbocycles. The van der Waals surface area contributed by atoms with Gasteiger partial charge in [0.05, 0.1) is 0 Å². The van der Waals surface area contributed by atoms with Crippen molar-refractivity contribution in [1.82, 2.24) is 4.98 Å². The molecule has 1 aromatic heterocycles. The number of alkyl halides is 3. The van der Waals surface area contributed by atoms with E-state index in [2.05, 4.69) is 4.98 Å². The highest BCUT2D eigenvalue weighted by atomic mass is 35.5. The van der Waals surface area contributed by atoms with E-state index < -0.39 is 11.9 Å². The first-order valence-corrected chi connectivity index (χ1v) is 3.02. The van der Waals surface area contributed by atoms with E-state index in [1.165, 1.54) is 0 Å². The summed E-state index contributed by atoms with van der Waals surface area (Å²) in [6, 6.07) is 1.84. The molecule has 0 fully saturated rings. The maximum atomic E-state index is 11.9. The second-order valence-electron chi connectivity index (χ2n) is 2.09. The zero-order valence-electron chi connectivity index (χ0n) is 6.21. The van der Waals surface area contributed by atoms with Gasteiger partial charge in [-0.2, -0.15) is 13.2 Å². The highest BCUT2D eigenvalue weighted by Gasteiger charge is 2.31. The molecule has 0 bridgehead atoms. The van der Waals surface area contributed by atoms with Crippen LogP contribution < -0.4 is 0 Å². The van der Waals surface area contributed by atoms with Crippen molar-refractivity contribution in [3.63, 3.8) is 0 Å². The highest BCUT2D eigenvalue weighted by molar-refractivity contribution is 5.85. The monoisotopic (exact) mass is 211 g/mol. The van der Waals surface area contributed by atoms with Gasteiger partial charge < -0.3 is 0 Å².